The van der Waals surface area contributed by atoms with Gasteiger partial charge in [0.1, 0.15) is 5.60 Å². The molecule has 0 atom stereocenters. The Morgan fingerprint density at radius 2 is 1.78 bits per heavy atom. The largest absolute Gasteiger partial charge is 0.462 e. The average molecular weight is 258 g/mol. The fraction of sp³-hybridized carbons (Fsp3) is 0.929. The standard InChI is InChI=1S/C8H16N2.C5H10O2.CH4/c1-10-7-4-8(5-7)2-6(9)3-8;1-5(2,3)7-4-6;/h6-7,10H,2-5,9H2,1H3;4H,1-3H3;1H4. The average Bonchev–Trinajstić information content (AvgIpc) is 2.07. The van der Waals surface area contributed by atoms with Crippen LogP contribution < -0.4 is 11.1 Å². The van der Waals surface area contributed by atoms with Gasteiger partial charge < -0.3 is 15.8 Å². The highest BCUT2D eigenvalue weighted by Gasteiger charge is 2.51. The summed E-state index contributed by atoms with van der Waals surface area (Å²) in [5.74, 6) is 0. The lowest BCUT2D eigenvalue weighted by molar-refractivity contribution is -0.138. The van der Waals surface area contributed by atoms with Gasteiger partial charge in [-0.25, -0.2) is 0 Å². The SMILES string of the molecule is C.CC(C)(C)OC=O.CNC1CC2(CC(N)C2)C1. The first-order valence-electron chi connectivity index (χ1n) is 6.34. The molecule has 18 heavy (non-hydrogen) atoms. The second kappa shape index (κ2) is 6.53. The minimum absolute atomic E-state index is 0. The van der Waals surface area contributed by atoms with Gasteiger partial charge in [0.2, 0.25) is 0 Å². The van der Waals surface area contributed by atoms with Crippen molar-refractivity contribution < 1.29 is 9.53 Å². The molecule has 0 heterocycles. The van der Waals surface area contributed by atoms with Crippen LogP contribution in [-0.4, -0.2) is 31.2 Å². The molecule has 108 valence electrons. The van der Waals surface area contributed by atoms with E-state index in [1.165, 1.54) is 25.7 Å². The summed E-state index contributed by atoms with van der Waals surface area (Å²) in [4.78, 5) is 9.60. The number of carbonyl (C=O) groups excluding carboxylic acids is 1. The van der Waals surface area contributed by atoms with Crippen molar-refractivity contribution in [3.63, 3.8) is 0 Å². The third kappa shape index (κ3) is 4.94. The van der Waals surface area contributed by atoms with Crippen LogP contribution >= 0.6 is 0 Å². The van der Waals surface area contributed by atoms with E-state index in [4.69, 9.17) is 5.73 Å². The summed E-state index contributed by atoms with van der Waals surface area (Å²) < 4.78 is 4.55. The van der Waals surface area contributed by atoms with Crippen molar-refractivity contribution >= 4 is 6.47 Å². The number of nitrogens with two attached hydrogens (primary N) is 1. The fourth-order valence-corrected chi connectivity index (χ4v) is 2.72. The zero-order valence-electron chi connectivity index (χ0n) is 11.5. The van der Waals surface area contributed by atoms with Gasteiger partial charge in [-0.2, -0.15) is 0 Å². The molecule has 2 rings (SSSR count). The lowest BCUT2D eigenvalue weighted by Crippen LogP contribution is -2.58. The second-order valence-corrected chi connectivity index (χ2v) is 6.39. The number of carbonyl (C=O) groups is 1. The Bertz CT molecular complexity index is 247. The van der Waals surface area contributed by atoms with Crippen LogP contribution in [0.3, 0.4) is 0 Å². The first-order chi connectivity index (χ1) is 7.80. The topological polar surface area (TPSA) is 64.3 Å². The zero-order chi connectivity index (χ0) is 13.1. The molecule has 2 saturated carbocycles. The molecule has 2 aliphatic rings. The number of hydrogen-bond donors (Lipinski definition) is 2. The highest BCUT2D eigenvalue weighted by atomic mass is 16.5. The van der Waals surface area contributed by atoms with E-state index in [1.54, 1.807) is 0 Å². The molecule has 0 amide bonds. The fourth-order valence-electron chi connectivity index (χ4n) is 2.72. The maximum absolute atomic E-state index is 9.60. The van der Waals surface area contributed by atoms with Gasteiger partial charge >= 0.3 is 0 Å². The predicted octanol–water partition coefficient (Wildman–Crippen LogP) is 2.07. The van der Waals surface area contributed by atoms with Gasteiger partial charge in [0, 0.05) is 12.1 Å². The van der Waals surface area contributed by atoms with E-state index in [1.807, 2.05) is 20.8 Å². The van der Waals surface area contributed by atoms with Crippen LogP contribution in [-0.2, 0) is 9.53 Å². The van der Waals surface area contributed by atoms with Crippen LogP contribution in [0, 0.1) is 5.41 Å². The van der Waals surface area contributed by atoms with Crippen molar-refractivity contribution in [2.24, 2.45) is 11.1 Å². The summed E-state index contributed by atoms with van der Waals surface area (Å²) in [7, 11) is 2.05. The maximum Gasteiger partial charge on any atom is 0.293 e. The molecule has 0 saturated heterocycles. The summed E-state index contributed by atoms with van der Waals surface area (Å²) >= 11 is 0. The van der Waals surface area contributed by atoms with Gasteiger partial charge in [0.25, 0.3) is 6.47 Å². The van der Waals surface area contributed by atoms with Gasteiger partial charge in [0.05, 0.1) is 0 Å². The molecule has 1 spiro atoms. The van der Waals surface area contributed by atoms with Gasteiger partial charge in [-0.1, -0.05) is 7.43 Å². The van der Waals surface area contributed by atoms with Gasteiger partial charge in [0.15, 0.2) is 0 Å². The Balaban J connectivity index is 0.000000326. The third-order valence-electron chi connectivity index (χ3n) is 3.56. The van der Waals surface area contributed by atoms with Crippen molar-refractivity contribution in [1.29, 1.82) is 0 Å². The minimum atomic E-state index is -0.318. The molecular formula is C14H30N2O2. The van der Waals surface area contributed by atoms with E-state index in [2.05, 4.69) is 17.1 Å². The van der Waals surface area contributed by atoms with Gasteiger partial charge in [-0.3, -0.25) is 4.79 Å². The summed E-state index contributed by atoms with van der Waals surface area (Å²) in [5, 5.41) is 3.30. The second-order valence-electron chi connectivity index (χ2n) is 6.39. The molecule has 0 bridgehead atoms. The third-order valence-corrected chi connectivity index (χ3v) is 3.56. The Morgan fingerprint density at radius 3 is 2.00 bits per heavy atom. The molecule has 0 unspecified atom stereocenters. The lowest BCUT2D eigenvalue weighted by Gasteiger charge is -2.57. The summed E-state index contributed by atoms with van der Waals surface area (Å²) in [6.45, 7) is 5.92. The predicted molar refractivity (Wildman–Crippen MR) is 75.4 cm³/mol. The van der Waals surface area contributed by atoms with Crippen LogP contribution in [0.25, 0.3) is 0 Å². The molecule has 0 aliphatic heterocycles. The Hall–Kier alpha value is -0.610. The normalized spacial score (nSPS) is 33.2. The molecule has 0 aromatic heterocycles. The van der Waals surface area contributed by atoms with Crippen molar-refractivity contribution in [2.45, 2.75) is 71.6 Å². The quantitative estimate of drug-likeness (QED) is 0.744. The van der Waals surface area contributed by atoms with Gasteiger partial charge in [-0.05, 0) is 58.9 Å². The maximum atomic E-state index is 9.60. The van der Waals surface area contributed by atoms with E-state index < -0.39 is 0 Å². The summed E-state index contributed by atoms with van der Waals surface area (Å²) in [6.07, 6.45) is 5.31. The number of hydrogen-bond acceptors (Lipinski definition) is 4. The van der Waals surface area contributed by atoms with Crippen LogP contribution in [0.4, 0.5) is 0 Å². The van der Waals surface area contributed by atoms with Crippen LogP contribution in [0.15, 0.2) is 0 Å². The highest BCUT2D eigenvalue weighted by molar-refractivity contribution is 5.37. The zero-order valence-corrected chi connectivity index (χ0v) is 11.5. The van der Waals surface area contributed by atoms with E-state index in [-0.39, 0.29) is 13.0 Å². The van der Waals surface area contributed by atoms with Crippen molar-refractivity contribution in [2.75, 3.05) is 7.05 Å². The van der Waals surface area contributed by atoms with E-state index in [0.717, 1.165) is 6.04 Å². The molecule has 3 N–H and O–H groups in total. The van der Waals surface area contributed by atoms with Crippen molar-refractivity contribution in [3.8, 4) is 0 Å². The number of rotatable bonds is 2. The van der Waals surface area contributed by atoms with Crippen LogP contribution in [0.1, 0.15) is 53.9 Å². The van der Waals surface area contributed by atoms with Crippen LogP contribution in [0.2, 0.25) is 0 Å². The Kier molecular flexibility index (Phi) is 6.30. The minimum Gasteiger partial charge on any atom is -0.462 e. The smallest absolute Gasteiger partial charge is 0.293 e. The Labute approximate surface area is 112 Å². The Morgan fingerprint density at radius 1 is 1.28 bits per heavy atom. The molecule has 4 nitrogen and oxygen atoms in total. The summed E-state index contributed by atoms with van der Waals surface area (Å²) in [6, 6.07) is 1.32. The monoisotopic (exact) mass is 258 g/mol. The van der Waals surface area contributed by atoms with Crippen LogP contribution in [0.5, 0.6) is 0 Å². The molecular weight excluding hydrogens is 228 g/mol. The molecule has 0 aromatic rings. The molecule has 2 fully saturated rings. The number of nitrogens with one attached hydrogen (secondary N) is 1. The lowest BCUT2D eigenvalue weighted by atomic mass is 9.52. The van der Waals surface area contributed by atoms with Gasteiger partial charge in [-0.15, -0.1) is 0 Å². The van der Waals surface area contributed by atoms with Crippen molar-refractivity contribution in [1.82, 2.24) is 5.32 Å². The first-order valence-corrected chi connectivity index (χ1v) is 6.34. The molecule has 4 heteroatoms. The van der Waals surface area contributed by atoms with E-state index in [0.29, 0.717) is 17.9 Å². The van der Waals surface area contributed by atoms with E-state index >= 15 is 0 Å². The highest BCUT2D eigenvalue weighted by Crippen LogP contribution is 2.55. The van der Waals surface area contributed by atoms with Crippen molar-refractivity contribution in [3.05, 3.63) is 0 Å². The molecule has 0 aromatic carbocycles. The molecule has 0 radical (unpaired) electrons. The number of ether oxygens (including phenoxy) is 1. The first kappa shape index (κ1) is 17.4. The molecule has 2 aliphatic carbocycles. The summed E-state index contributed by atoms with van der Waals surface area (Å²) in [5.41, 5.74) is 6.11. The van der Waals surface area contributed by atoms with E-state index in [9.17, 15) is 4.79 Å².